The average molecular weight is 761 g/mol. The molecule has 1 aliphatic heterocycles. The van der Waals surface area contributed by atoms with E-state index in [0.29, 0.717) is 21.3 Å². The Morgan fingerprint density at radius 3 is 2.40 bits per heavy atom. The highest BCUT2D eigenvalue weighted by Crippen LogP contribution is 2.32. The van der Waals surface area contributed by atoms with E-state index < -0.39 is 106 Å². The van der Waals surface area contributed by atoms with Crippen molar-refractivity contribution in [2.45, 2.75) is 55.8 Å². The largest absolute Gasteiger partial charge is 0.416 e. The van der Waals surface area contributed by atoms with Gasteiger partial charge in [0.25, 0.3) is 0 Å². The molecule has 278 valence electrons. The average Bonchev–Trinajstić information content (AvgIpc) is 3.23. The number of hydrogen-bond donors (Lipinski definition) is 0. The minimum atomic E-state index is -4.55. The smallest absolute Gasteiger partial charge is 0.383 e. The Morgan fingerprint density at radius 2 is 1.72 bits per heavy atom. The van der Waals surface area contributed by atoms with Gasteiger partial charge in [0.1, 0.15) is 6.50 Å². The summed E-state index contributed by atoms with van der Waals surface area (Å²) >= 11 is -0.0856. The highest BCUT2D eigenvalue weighted by atomic mass is 32.2. The van der Waals surface area contributed by atoms with Crippen LogP contribution in [0.1, 0.15) is 50.2 Å². The molecule has 1 aromatic heterocycles. The first kappa shape index (κ1) is 26.3. The van der Waals surface area contributed by atoms with Crippen molar-refractivity contribution in [1.82, 2.24) is 14.4 Å². The van der Waals surface area contributed by atoms with E-state index in [1.54, 1.807) is 24.3 Å². The van der Waals surface area contributed by atoms with Crippen LogP contribution in [0.5, 0.6) is 0 Å². The molecule has 6 nitrogen and oxygen atoms in total. The van der Waals surface area contributed by atoms with Gasteiger partial charge in [-0.1, -0.05) is 54.6 Å². The number of aromatic nitrogens is 1. The topological polar surface area (TPSA) is 54.8 Å². The summed E-state index contributed by atoms with van der Waals surface area (Å²) in [4.78, 5) is 32.1. The van der Waals surface area contributed by atoms with Crippen LogP contribution in [0.15, 0.2) is 101 Å². The zero-order valence-corrected chi connectivity index (χ0v) is 29.1. The molecular weight excluding hydrogens is 710 g/mol. The summed E-state index contributed by atoms with van der Waals surface area (Å²) in [7, 11) is -2.62. The molecule has 1 aliphatic rings. The summed E-state index contributed by atoms with van der Waals surface area (Å²) < 4.78 is 168. The van der Waals surface area contributed by atoms with Gasteiger partial charge in [-0.05, 0) is 72.3 Å². The number of methoxy groups -OCH3 is 1. The molecule has 6 rings (SSSR count). The molecule has 1 saturated heterocycles. The summed E-state index contributed by atoms with van der Waals surface area (Å²) in [6.45, 7) is -1.83. The second-order valence-corrected chi connectivity index (χ2v) is 13.2. The molecule has 0 radical (unpaired) electrons. The zero-order valence-electron chi connectivity index (χ0n) is 39.2. The van der Waals surface area contributed by atoms with Crippen molar-refractivity contribution in [3.63, 3.8) is 0 Å². The third-order valence-electron chi connectivity index (χ3n) is 8.83. The van der Waals surface area contributed by atoms with Gasteiger partial charge >= 0.3 is 6.18 Å². The van der Waals surface area contributed by atoms with E-state index in [1.807, 2.05) is 4.90 Å². The number of fused-ring (bicyclic) bond motifs is 1. The van der Waals surface area contributed by atoms with Crippen molar-refractivity contribution in [2.75, 3.05) is 33.3 Å². The number of pyridine rings is 1. The van der Waals surface area contributed by atoms with E-state index in [0.717, 1.165) is 30.3 Å². The number of nitrogens with zero attached hydrogens (tertiary/aromatic N) is 3. The molecule has 0 aliphatic carbocycles. The summed E-state index contributed by atoms with van der Waals surface area (Å²) in [5.41, 5.74) is -5.63. The van der Waals surface area contributed by atoms with Crippen LogP contribution < -0.4 is 5.43 Å². The van der Waals surface area contributed by atoms with Gasteiger partial charge in [-0.3, -0.25) is 9.59 Å². The van der Waals surface area contributed by atoms with Crippen molar-refractivity contribution < 1.29 is 46.6 Å². The lowest BCUT2D eigenvalue weighted by Gasteiger charge is -2.39. The van der Waals surface area contributed by atoms with Crippen LogP contribution in [0.2, 0.25) is 0 Å². The third-order valence-corrected chi connectivity index (χ3v) is 9.63. The SMILES string of the molecule is [2H]c1c(C)c([2H])c2c(c1[2H])c(=O)c([2H])c(SC([2H])([2H])c1cccc(F)c1F)n2C([2H])([2H])C(=O)N(Cc1ccc(-c2ccc(C(F)(F)F)cc2)cc1)C1CCN(CCOC([2H])([2H])[2H])CC1. The highest BCUT2D eigenvalue weighted by Gasteiger charge is 2.31. The zero-order chi connectivity index (χ0) is 47.3. The minimum absolute atomic E-state index is 0.0856. The normalized spacial score (nSPS) is 18.0. The van der Waals surface area contributed by atoms with E-state index in [9.17, 15) is 25.1 Å². The molecule has 2 heterocycles. The Kier molecular flexibility index (Phi) is 8.26. The third kappa shape index (κ3) is 9.17. The molecule has 0 unspecified atom stereocenters. The van der Waals surface area contributed by atoms with Gasteiger partial charge < -0.3 is 19.1 Å². The maximum atomic E-state index is 15.2. The number of likely N-dealkylation sites (tertiary alicyclic amines) is 1. The second-order valence-electron chi connectivity index (χ2n) is 12.4. The summed E-state index contributed by atoms with van der Waals surface area (Å²) in [5, 5.41) is -1.68. The number of benzene rings is 4. The quantitative estimate of drug-likeness (QED) is 0.0942. The molecule has 0 spiro atoms. The van der Waals surface area contributed by atoms with Crippen molar-refractivity contribution in [2.24, 2.45) is 0 Å². The molecule has 12 heteroatoms. The van der Waals surface area contributed by atoms with Crippen LogP contribution in [0.4, 0.5) is 22.0 Å². The van der Waals surface area contributed by atoms with Gasteiger partial charge in [-0.15, -0.1) is 11.8 Å². The van der Waals surface area contributed by atoms with E-state index in [2.05, 4.69) is 0 Å². The number of ether oxygens (including phenoxy) is 1. The van der Waals surface area contributed by atoms with Crippen molar-refractivity contribution in [1.29, 1.82) is 0 Å². The number of carbonyl (C=O) groups is 1. The van der Waals surface area contributed by atoms with E-state index in [-0.39, 0.29) is 63.0 Å². The number of halogens is 5. The highest BCUT2D eigenvalue weighted by molar-refractivity contribution is 7.98. The van der Waals surface area contributed by atoms with Crippen molar-refractivity contribution >= 4 is 28.6 Å². The Bertz CT molecular complexity index is 2620. The minimum Gasteiger partial charge on any atom is -0.383 e. The molecule has 0 bridgehead atoms. The van der Waals surface area contributed by atoms with Crippen molar-refractivity contribution in [3.8, 4) is 11.1 Å². The second kappa shape index (κ2) is 16.7. The van der Waals surface area contributed by atoms with Crippen LogP contribution >= 0.6 is 11.8 Å². The van der Waals surface area contributed by atoms with Gasteiger partial charge in [-0.2, -0.15) is 13.2 Å². The van der Waals surface area contributed by atoms with Gasteiger partial charge in [0, 0.05) is 64.7 Å². The first-order valence-electron chi connectivity index (χ1n) is 22.0. The first-order valence-corrected chi connectivity index (χ1v) is 17.3. The van der Waals surface area contributed by atoms with Crippen LogP contribution in [-0.4, -0.2) is 59.6 Å². The lowest BCUT2D eigenvalue weighted by molar-refractivity contribution is -0.137. The number of thioether (sulfide) groups is 1. The fraction of sp³-hybridized carbons (Fsp3) is 0.317. The van der Waals surface area contributed by atoms with Gasteiger partial charge in [0.05, 0.1) is 35.0 Å². The number of alkyl halides is 3. The molecule has 0 N–H and O–H groups in total. The molecule has 0 atom stereocenters. The Labute approximate surface area is 324 Å². The van der Waals surface area contributed by atoms with Gasteiger partial charge in [-0.25, -0.2) is 8.78 Å². The Morgan fingerprint density at radius 1 is 1.02 bits per heavy atom. The number of piperidine rings is 1. The van der Waals surface area contributed by atoms with E-state index >= 15 is 9.18 Å². The number of amides is 1. The van der Waals surface area contributed by atoms with E-state index in [4.69, 9.17) is 17.1 Å². The standard InChI is InChI=1S/C41H40F5N3O3S/c1-27-6-15-34-36(22-27)49(39(23-37(34)50)53-26-31-4-3-5-35(42)40(31)43)25-38(51)48(33-16-18-47(19-17-33)20-21-52-2)24-28-7-9-29(10-8-28)30-11-13-32(14-12-30)41(44,45)46/h3-15,22-23,33H,16-21,24-26H2,1-2H3/i2D3,6D,15D,22D,23D,25D2,26D2. The number of hydrogen-bond acceptors (Lipinski definition) is 5. The fourth-order valence-electron chi connectivity index (χ4n) is 6.01. The van der Waals surface area contributed by atoms with Gasteiger partial charge in [0.15, 0.2) is 17.1 Å². The summed E-state index contributed by atoms with van der Waals surface area (Å²) in [6, 6.07) is 9.47. The van der Waals surface area contributed by atoms with Crippen molar-refractivity contribution in [3.05, 3.63) is 135 Å². The van der Waals surface area contributed by atoms with E-state index in [1.165, 1.54) is 24.0 Å². The monoisotopic (exact) mass is 760 g/mol. The van der Waals surface area contributed by atoms with Crippen LogP contribution in [0.3, 0.4) is 0 Å². The van der Waals surface area contributed by atoms with Crippen LogP contribution in [0.25, 0.3) is 22.0 Å². The first-order chi connectivity index (χ1) is 29.7. The predicted molar refractivity (Wildman–Crippen MR) is 198 cm³/mol. The van der Waals surface area contributed by atoms with Crippen LogP contribution in [0, 0.1) is 18.6 Å². The predicted octanol–water partition coefficient (Wildman–Crippen LogP) is 8.71. The Hall–Kier alpha value is -4.52. The number of carbonyl (C=O) groups excluding carboxylic acids is 1. The maximum absolute atomic E-state index is 15.2. The number of rotatable bonds is 12. The molecule has 0 saturated carbocycles. The van der Waals surface area contributed by atoms with Crippen LogP contribution in [-0.2, 0) is 34.5 Å². The molecule has 5 aromatic rings. The molecule has 1 fully saturated rings. The summed E-state index contributed by atoms with van der Waals surface area (Å²) in [5.74, 6) is -4.36. The fourth-order valence-corrected chi connectivity index (χ4v) is 6.74. The van der Waals surface area contributed by atoms with Gasteiger partial charge in [0.2, 0.25) is 5.91 Å². The summed E-state index contributed by atoms with van der Waals surface area (Å²) in [6.07, 6.45) is -4.13. The Balaban J connectivity index is 1.47. The lowest BCUT2D eigenvalue weighted by atomic mass is 10.00. The maximum Gasteiger partial charge on any atom is 0.416 e. The lowest BCUT2D eigenvalue weighted by Crippen LogP contribution is -2.48. The molecular formula is C41H40F5N3O3S. The molecule has 1 amide bonds. The molecule has 53 heavy (non-hydrogen) atoms. The molecule has 4 aromatic carbocycles.